The molecule has 1 aromatic carbocycles. The third kappa shape index (κ3) is 3.01. The number of hydrogen-bond donors (Lipinski definition) is 1. The Morgan fingerprint density at radius 1 is 1.33 bits per heavy atom. The van der Waals surface area contributed by atoms with Gasteiger partial charge in [-0.2, -0.15) is 11.8 Å². The van der Waals surface area contributed by atoms with Crippen LogP contribution >= 0.6 is 11.8 Å². The summed E-state index contributed by atoms with van der Waals surface area (Å²) in [5.41, 5.74) is 7.70. The molecule has 64 valence electrons. The van der Waals surface area contributed by atoms with Gasteiger partial charge in [0.15, 0.2) is 0 Å². The molecular weight excluding hydrogens is 166 g/mol. The molecule has 0 bridgehead atoms. The van der Waals surface area contributed by atoms with Crippen molar-refractivity contribution in [1.29, 1.82) is 0 Å². The first kappa shape index (κ1) is 9.20. The second kappa shape index (κ2) is 4.88. The molecule has 0 aromatic heterocycles. The smallest absolute Gasteiger partial charge is 0.0314 e. The van der Waals surface area contributed by atoms with Crippen molar-refractivity contribution in [1.82, 2.24) is 0 Å². The Labute approximate surface area is 77.7 Å². The number of thioether (sulfide) groups is 1. The zero-order valence-corrected chi connectivity index (χ0v) is 7.81. The monoisotopic (exact) mass is 179 g/mol. The fraction of sp³-hybridized carbons (Fsp3) is 0.200. The molecule has 12 heavy (non-hydrogen) atoms. The predicted octanol–water partition coefficient (Wildman–Crippen LogP) is 2.69. The fourth-order valence-corrected chi connectivity index (χ4v) is 1.59. The molecule has 0 fully saturated rings. The van der Waals surface area contributed by atoms with Crippen LogP contribution in [0.5, 0.6) is 0 Å². The van der Waals surface area contributed by atoms with Gasteiger partial charge < -0.3 is 5.73 Å². The number of hydrogen-bond acceptors (Lipinski definition) is 2. The van der Waals surface area contributed by atoms with E-state index in [1.54, 1.807) is 0 Å². The summed E-state index contributed by atoms with van der Waals surface area (Å²) in [4.78, 5) is 0. The number of nitrogen functional groups attached to an aromatic ring is 1. The molecule has 0 radical (unpaired) electrons. The summed E-state index contributed by atoms with van der Waals surface area (Å²) in [6.07, 6.45) is 1.92. The Hall–Kier alpha value is -0.890. The second-order valence-corrected chi connectivity index (χ2v) is 3.58. The molecule has 0 spiro atoms. The van der Waals surface area contributed by atoms with Gasteiger partial charge in [-0.3, -0.25) is 0 Å². The highest BCUT2D eigenvalue weighted by Gasteiger charge is 1.91. The molecule has 0 amide bonds. The third-order valence-electron chi connectivity index (χ3n) is 1.48. The molecule has 0 aliphatic rings. The van der Waals surface area contributed by atoms with Crippen molar-refractivity contribution in [3.63, 3.8) is 0 Å². The lowest BCUT2D eigenvalue weighted by molar-refractivity contribution is 1.41. The van der Waals surface area contributed by atoms with Gasteiger partial charge in [0.25, 0.3) is 0 Å². The summed E-state index contributed by atoms with van der Waals surface area (Å²) in [5, 5.41) is 0. The van der Waals surface area contributed by atoms with Gasteiger partial charge in [0.05, 0.1) is 0 Å². The van der Waals surface area contributed by atoms with E-state index in [0.29, 0.717) is 0 Å². The van der Waals surface area contributed by atoms with E-state index in [1.165, 1.54) is 5.56 Å². The van der Waals surface area contributed by atoms with Gasteiger partial charge in [-0.05, 0) is 17.7 Å². The Balaban J connectivity index is 2.42. The van der Waals surface area contributed by atoms with Crippen molar-refractivity contribution in [2.45, 2.75) is 5.75 Å². The van der Waals surface area contributed by atoms with Crippen LogP contribution < -0.4 is 5.73 Å². The van der Waals surface area contributed by atoms with E-state index in [1.807, 2.05) is 30.0 Å². The SMILES string of the molecule is C=CCSCc1ccc(N)cc1. The largest absolute Gasteiger partial charge is 0.399 e. The van der Waals surface area contributed by atoms with Crippen LogP contribution in [0.2, 0.25) is 0 Å². The van der Waals surface area contributed by atoms with E-state index in [9.17, 15) is 0 Å². The van der Waals surface area contributed by atoms with Gasteiger partial charge in [0.1, 0.15) is 0 Å². The standard InChI is InChI=1S/C10H13NS/c1-2-7-12-8-9-3-5-10(11)6-4-9/h2-6H,1,7-8,11H2. The Morgan fingerprint density at radius 2 is 2.00 bits per heavy atom. The van der Waals surface area contributed by atoms with Crippen LogP contribution in [0.4, 0.5) is 5.69 Å². The summed E-state index contributed by atoms with van der Waals surface area (Å²) in [6.45, 7) is 3.67. The van der Waals surface area contributed by atoms with Crippen LogP contribution in [0.3, 0.4) is 0 Å². The minimum Gasteiger partial charge on any atom is -0.399 e. The van der Waals surface area contributed by atoms with Gasteiger partial charge in [-0.1, -0.05) is 18.2 Å². The molecule has 0 unspecified atom stereocenters. The topological polar surface area (TPSA) is 26.0 Å². The molecule has 0 saturated carbocycles. The number of anilines is 1. The highest BCUT2D eigenvalue weighted by molar-refractivity contribution is 7.98. The van der Waals surface area contributed by atoms with Crippen LogP contribution in [0.25, 0.3) is 0 Å². The third-order valence-corrected chi connectivity index (χ3v) is 2.49. The maximum absolute atomic E-state index is 5.56. The van der Waals surface area contributed by atoms with Gasteiger partial charge in [0, 0.05) is 17.2 Å². The predicted molar refractivity (Wildman–Crippen MR) is 57.2 cm³/mol. The summed E-state index contributed by atoms with van der Waals surface area (Å²) in [5.74, 6) is 2.04. The Bertz CT molecular complexity index is 241. The molecule has 1 rings (SSSR count). The molecule has 0 aliphatic heterocycles. The van der Waals surface area contributed by atoms with Gasteiger partial charge in [-0.25, -0.2) is 0 Å². The minimum atomic E-state index is 0.826. The maximum atomic E-state index is 5.56. The van der Waals surface area contributed by atoms with Crippen molar-refractivity contribution < 1.29 is 0 Å². The average molecular weight is 179 g/mol. The molecule has 0 saturated heterocycles. The van der Waals surface area contributed by atoms with Gasteiger partial charge >= 0.3 is 0 Å². The number of rotatable bonds is 4. The first-order chi connectivity index (χ1) is 5.83. The molecule has 0 atom stereocenters. The molecule has 1 nitrogen and oxygen atoms in total. The van der Waals surface area contributed by atoms with Crippen molar-refractivity contribution in [3.05, 3.63) is 42.5 Å². The van der Waals surface area contributed by atoms with E-state index in [4.69, 9.17) is 5.73 Å². The van der Waals surface area contributed by atoms with Crippen LogP contribution in [0.15, 0.2) is 36.9 Å². The normalized spacial score (nSPS) is 9.67. The fourth-order valence-electron chi connectivity index (χ4n) is 0.874. The molecular formula is C10H13NS. The van der Waals surface area contributed by atoms with Crippen LogP contribution in [-0.4, -0.2) is 5.75 Å². The van der Waals surface area contributed by atoms with Gasteiger partial charge in [-0.15, -0.1) is 6.58 Å². The summed E-state index contributed by atoms with van der Waals surface area (Å²) in [6, 6.07) is 7.99. The van der Waals surface area contributed by atoms with E-state index in [0.717, 1.165) is 17.2 Å². The zero-order chi connectivity index (χ0) is 8.81. The Kier molecular flexibility index (Phi) is 3.74. The highest BCUT2D eigenvalue weighted by Crippen LogP contribution is 2.13. The molecule has 1 aromatic rings. The van der Waals surface area contributed by atoms with Gasteiger partial charge in [0.2, 0.25) is 0 Å². The van der Waals surface area contributed by atoms with E-state index < -0.39 is 0 Å². The van der Waals surface area contributed by atoms with E-state index >= 15 is 0 Å². The summed E-state index contributed by atoms with van der Waals surface area (Å²) in [7, 11) is 0. The van der Waals surface area contributed by atoms with Crippen molar-refractivity contribution in [2.24, 2.45) is 0 Å². The van der Waals surface area contributed by atoms with E-state index in [2.05, 4.69) is 18.7 Å². The average Bonchev–Trinajstić information content (AvgIpc) is 2.09. The summed E-state index contributed by atoms with van der Waals surface area (Å²) < 4.78 is 0. The van der Waals surface area contributed by atoms with Crippen LogP contribution in [-0.2, 0) is 5.75 Å². The van der Waals surface area contributed by atoms with Crippen molar-refractivity contribution in [2.75, 3.05) is 11.5 Å². The summed E-state index contributed by atoms with van der Waals surface area (Å²) >= 11 is 1.85. The molecule has 2 N–H and O–H groups in total. The minimum absolute atomic E-state index is 0.826. The zero-order valence-electron chi connectivity index (χ0n) is 6.99. The first-order valence-corrected chi connectivity index (χ1v) is 5.01. The highest BCUT2D eigenvalue weighted by atomic mass is 32.2. The second-order valence-electron chi connectivity index (χ2n) is 2.55. The lowest BCUT2D eigenvalue weighted by Crippen LogP contribution is -1.85. The molecule has 0 aliphatic carbocycles. The lowest BCUT2D eigenvalue weighted by Gasteiger charge is -1.99. The lowest BCUT2D eigenvalue weighted by atomic mass is 10.2. The molecule has 0 heterocycles. The first-order valence-electron chi connectivity index (χ1n) is 3.86. The van der Waals surface area contributed by atoms with Crippen LogP contribution in [0, 0.1) is 0 Å². The van der Waals surface area contributed by atoms with Crippen LogP contribution in [0.1, 0.15) is 5.56 Å². The number of nitrogens with two attached hydrogens (primary N) is 1. The maximum Gasteiger partial charge on any atom is 0.0314 e. The quantitative estimate of drug-likeness (QED) is 0.437. The molecule has 2 heteroatoms. The van der Waals surface area contributed by atoms with Crippen molar-refractivity contribution >= 4 is 17.4 Å². The van der Waals surface area contributed by atoms with E-state index in [-0.39, 0.29) is 0 Å². The number of benzene rings is 1. The van der Waals surface area contributed by atoms with Crippen molar-refractivity contribution in [3.8, 4) is 0 Å². The Morgan fingerprint density at radius 3 is 2.58 bits per heavy atom.